The van der Waals surface area contributed by atoms with Crippen molar-refractivity contribution in [3.05, 3.63) is 57.7 Å². The summed E-state index contributed by atoms with van der Waals surface area (Å²) in [6.07, 6.45) is 0. The highest BCUT2D eigenvalue weighted by Gasteiger charge is 2.29. The number of nitrogens with zero attached hydrogens (tertiary/aromatic N) is 2. The van der Waals surface area contributed by atoms with Crippen LogP contribution < -0.4 is 0 Å². The Bertz CT molecular complexity index is 675. The second-order valence-corrected chi connectivity index (χ2v) is 5.66. The maximum atomic E-state index is 10.1. The van der Waals surface area contributed by atoms with Crippen molar-refractivity contribution in [2.75, 3.05) is 6.54 Å². The lowest BCUT2D eigenvalue weighted by atomic mass is 10.2. The topological polar surface area (TPSA) is 60.2 Å². The first kappa shape index (κ1) is 12.9. The molecule has 2 N–H and O–H groups in total. The first-order valence-electron chi connectivity index (χ1n) is 6.37. The molecule has 5 heteroatoms. The quantitative estimate of drug-likeness (QED) is 0.910. The van der Waals surface area contributed by atoms with Gasteiger partial charge in [-0.2, -0.15) is 0 Å². The second kappa shape index (κ2) is 5.09. The van der Waals surface area contributed by atoms with Crippen molar-refractivity contribution in [3.8, 4) is 0 Å². The second-order valence-electron chi connectivity index (χ2n) is 4.81. The number of aromatic nitrogens is 1. The van der Waals surface area contributed by atoms with Crippen LogP contribution in [0.25, 0.3) is 5.57 Å². The highest BCUT2D eigenvalue weighted by molar-refractivity contribution is 7.11. The first-order chi connectivity index (χ1) is 9.65. The van der Waals surface area contributed by atoms with Gasteiger partial charge in [0, 0.05) is 17.6 Å². The van der Waals surface area contributed by atoms with Crippen LogP contribution in [0.4, 0.5) is 0 Å². The highest BCUT2D eigenvalue weighted by atomic mass is 32.1. The standard InChI is InChI=1S/C15H15N3OS/c1-10-9-20-15(17-10)13-12(19)8-18(14(13)16)7-11-5-3-2-4-6-11/h2-6,9,16,19H,7-8H2,1H3. The smallest absolute Gasteiger partial charge is 0.135 e. The molecular weight excluding hydrogens is 270 g/mol. The van der Waals surface area contributed by atoms with Crippen LogP contribution in [0.2, 0.25) is 0 Å². The van der Waals surface area contributed by atoms with E-state index in [0.29, 0.717) is 24.5 Å². The third-order valence-electron chi connectivity index (χ3n) is 3.23. The lowest BCUT2D eigenvalue weighted by Gasteiger charge is -2.18. The van der Waals surface area contributed by atoms with E-state index in [9.17, 15) is 5.11 Å². The fourth-order valence-corrected chi connectivity index (χ4v) is 3.13. The van der Waals surface area contributed by atoms with E-state index < -0.39 is 0 Å². The third-order valence-corrected chi connectivity index (χ3v) is 4.21. The minimum atomic E-state index is 0.236. The number of nitrogens with one attached hydrogen (secondary N) is 1. The van der Waals surface area contributed by atoms with Crippen molar-refractivity contribution in [1.29, 1.82) is 5.41 Å². The largest absolute Gasteiger partial charge is 0.510 e. The molecule has 0 unspecified atom stereocenters. The van der Waals surface area contributed by atoms with Crippen molar-refractivity contribution >= 4 is 22.7 Å². The molecule has 20 heavy (non-hydrogen) atoms. The molecule has 1 aromatic heterocycles. The predicted octanol–water partition coefficient (Wildman–Crippen LogP) is 3.21. The van der Waals surface area contributed by atoms with Gasteiger partial charge in [-0.15, -0.1) is 11.3 Å². The lowest BCUT2D eigenvalue weighted by molar-refractivity contribution is 0.347. The van der Waals surface area contributed by atoms with Crippen LogP contribution in [0.3, 0.4) is 0 Å². The highest BCUT2D eigenvalue weighted by Crippen LogP contribution is 2.30. The molecule has 0 bridgehead atoms. The average Bonchev–Trinajstić information content (AvgIpc) is 2.96. The van der Waals surface area contributed by atoms with Crippen LogP contribution in [0.1, 0.15) is 16.3 Å². The van der Waals surface area contributed by atoms with Gasteiger partial charge in [0.2, 0.25) is 0 Å². The molecular formula is C15H15N3OS. The molecule has 0 atom stereocenters. The summed E-state index contributed by atoms with van der Waals surface area (Å²) in [7, 11) is 0. The fourth-order valence-electron chi connectivity index (χ4n) is 2.27. The molecule has 0 amide bonds. The number of aliphatic hydroxyl groups excluding tert-OH is 1. The van der Waals surface area contributed by atoms with Crippen molar-refractivity contribution in [2.24, 2.45) is 0 Å². The zero-order valence-electron chi connectivity index (χ0n) is 11.1. The Balaban J connectivity index is 1.82. The number of benzene rings is 1. The summed E-state index contributed by atoms with van der Waals surface area (Å²) in [4.78, 5) is 6.23. The molecule has 0 radical (unpaired) electrons. The summed E-state index contributed by atoms with van der Waals surface area (Å²) >= 11 is 1.47. The van der Waals surface area contributed by atoms with Crippen molar-refractivity contribution < 1.29 is 5.11 Å². The van der Waals surface area contributed by atoms with Gasteiger partial charge >= 0.3 is 0 Å². The van der Waals surface area contributed by atoms with Gasteiger partial charge < -0.3 is 10.0 Å². The summed E-state index contributed by atoms with van der Waals surface area (Å²) in [6, 6.07) is 9.98. The molecule has 2 aromatic rings. The van der Waals surface area contributed by atoms with Gasteiger partial charge in [0.25, 0.3) is 0 Å². The zero-order chi connectivity index (χ0) is 14.1. The monoisotopic (exact) mass is 285 g/mol. The van der Waals surface area contributed by atoms with Crippen LogP contribution in [0.5, 0.6) is 0 Å². The van der Waals surface area contributed by atoms with Gasteiger partial charge in [-0.05, 0) is 12.5 Å². The van der Waals surface area contributed by atoms with Crippen molar-refractivity contribution in [2.45, 2.75) is 13.5 Å². The summed E-state index contributed by atoms with van der Waals surface area (Å²) in [5.41, 5.74) is 2.61. The van der Waals surface area contributed by atoms with Gasteiger partial charge in [-0.25, -0.2) is 4.98 Å². The number of thiazole rings is 1. The van der Waals surface area contributed by atoms with Crippen LogP contribution in [-0.2, 0) is 6.54 Å². The number of hydrogen-bond acceptors (Lipinski definition) is 4. The van der Waals surface area contributed by atoms with Crippen molar-refractivity contribution in [3.63, 3.8) is 0 Å². The molecule has 2 heterocycles. The third kappa shape index (κ3) is 2.32. The molecule has 1 aromatic carbocycles. The Labute approximate surface area is 121 Å². The molecule has 3 rings (SSSR count). The Morgan fingerprint density at radius 1 is 1.35 bits per heavy atom. The number of rotatable bonds is 3. The summed E-state index contributed by atoms with van der Waals surface area (Å²) in [5, 5.41) is 21.1. The van der Waals surface area contributed by atoms with E-state index in [-0.39, 0.29) is 5.76 Å². The van der Waals surface area contributed by atoms with Crippen molar-refractivity contribution in [1.82, 2.24) is 9.88 Å². The Kier molecular flexibility index (Phi) is 3.28. The van der Waals surface area contributed by atoms with Gasteiger partial charge in [0.1, 0.15) is 16.6 Å². The lowest BCUT2D eigenvalue weighted by Crippen LogP contribution is -2.25. The van der Waals surface area contributed by atoms with E-state index in [1.165, 1.54) is 11.3 Å². The van der Waals surface area contributed by atoms with Gasteiger partial charge in [-0.1, -0.05) is 30.3 Å². The Hall–Kier alpha value is -2.14. The minimum Gasteiger partial charge on any atom is -0.510 e. The predicted molar refractivity (Wildman–Crippen MR) is 81.0 cm³/mol. The SMILES string of the molecule is Cc1csc(C2=C(O)CN(Cc3ccccc3)C2=N)n1. The molecule has 0 fully saturated rings. The normalized spacial score (nSPS) is 15.2. The van der Waals surface area contributed by atoms with Gasteiger partial charge in [-0.3, -0.25) is 5.41 Å². The van der Waals surface area contributed by atoms with Crippen LogP contribution in [0, 0.1) is 12.3 Å². The molecule has 1 aliphatic rings. The zero-order valence-corrected chi connectivity index (χ0v) is 11.9. The first-order valence-corrected chi connectivity index (χ1v) is 7.25. The van der Waals surface area contributed by atoms with Crippen LogP contribution in [0.15, 0.2) is 41.5 Å². The van der Waals surface area contributed by atoms with E-state index >= 15 is 0 Å². The van der Waals surface area contributed by atoms with E-state index in [2.05, 4.69) is 4.98 Å². The van der Waals surface area contributed by atoms with Gasteiger partial charge in [0.05, 0.1) is 12.1 Å². The number of aryl methyl sites for hydroxylation is 1. The molecule has 102 valence electrons. The van der Waals surface area contributed by atoms with E-state index in [1.54, 1.807) is 0 Å². The van der Waals surface area contributed by atoms with Crippen LogP contribution >= 0.6 is 11.3 Å². The molecule has 0 spiro atoms. The Morgan fingerprint density at radius 2 is 2.10 bits per heavy atom. The molecule has 0 aliphatic carbocycles. The molecule has 0 saturated heterocycles. The summed E-state index contributed by atoms with van der Waals surface area (Å²) in [6.45, 7) is 2.91. The summed E-state index contributed by atoms with van der Waals surface area (Å²) < 4.78 is 0. The van der Waals surface area contributed by atoms with E-state index in [0.717, 1.165) is 16.3 Å². The molecule has 1 aliphatic heterocycles. The number of aliphatic hydroxyl groups is 1. The number of hydrogen-bond donors (Lipinski definition) is 2. The van der Waals surface area contributed by atoms with Crippen LogP contribution in [-0.4, -0.2) is 27.4 Å². The maximum Gasteiger partial charge on any atom is 0.135 e. The minimum absolute atomic E-state index is 0.236. The fraction of sp³-hybridized carbons (Fsp3) is 0.200. The Morgan fingerprint density at radius 3 is 2.75 bits per heavy atom. The van der Waals surface area contributed by atoms with E-state index in [1.807, 2.05) is 47.5 Å². The van der Waals surface area contributed by atoms with E-state index in [4.69, 9.17) is 5.41 Å². The average molecular weight is 285 g/mol. The van der Waals surface area contributed by atoms with Gasteiger partial charge in [0.15, 0.2) is 0 Å². The maximum absolute atomic E-state index is 10.1. The summed E-state index contributed by atoms with van der Waals surface area (Å²) in [5.74, 6) is 0.584. The molecule has 4 nitrogen and oxygen atoms in total. The molecule has 0 saturated carbocycles. The number of amidine groups is 1.